The van der Waals surface area contributed by atoms with Crippen LogP contribution in [0.1, 0.15) is 6.42 Å². The minimum atomic E-state index is -2.83. The molecule has 0 saturated carbocycles. The van der Waals surface area contributed by atoms with Crippen LogP contribution in [0.15, 0.2) is 54.6 Å². The summed E-state index contributed by atoms with van der Waals surface area (Å²) in [6, 6.07) is 17.9. The molecular formula is C15H16NO2P. The Morgan fingerprint density at radius 3 is 2.26 bits per heavy atom. The maximum Gasteiger partial charge on any atom is 0.299 e. The lowest BCUT2D eigenvalue weighted by atomic mass is 10.1. The monoisotopic (exact) mass is 273 g/mol. The fourth-order valence-electron chi connectivity index (χ4n) is 2.18. The second-order valence-corrected chi connectivity index (χ2v) is 6.75. The number of hydrogen-bond donors (Lipinski definition) is 1. The van der Waals surface area contributed by atoms with Crippen LogP contribution in [-0.4, -0.2) is 13.2 Å². The van der Waals surface area contributed by atoms with E-state index in [2.05, 4.69) is 17.2 Å². The zero-order chi connectivity index (χ0) is 13.1. The minimum absolute atomic E-state index is 0.560. The Kier molecular flexibility index (Phi) is 3.52. The number of benzene rings is 2. The van der Waals surface area contributed by atoms with E-state index in [4.69, 9.17) is 4.52 Å². The molecule has 4 heteroatoms. The van der Waals surface area contributed by atoms with Gasteiger partial charge in [0.15, 0.2) is 0 Å². The summed E-state index contributed by atoms with van der Waals surface area (Å²) >= 11 is 0. The Labute approximate surface area is 113 Å². The molecule has 3 nitrogen and oxygen atoms in total. The molecule has 0 radical (unpaired) electrons. The van der Waals surface area contributed by atoms with Gasteiger partial charge in [-0.3, -0.25) is 4.57 Å². The van der Waals surface area contributed by atoms with Gasteiger partial charge in [-0.25, -0.2) is 5.09 Å². The van der Waals surface area contributed by atoms with Crippen LogP contribution in [0.3, 0.4) is 0 Å². The molecule has 0 aromatic heterocycles. The first-order valence-corrected chi connectivity index (χ1v) is 8.06. The van der Waals surface area contributed by atoms with Crippen LogP contribution in [0, 0.1) is 0 Å². The minimum Gasteiger partial charge on any atom is -0.314 e. The Morgan fingerprint density at radius 1 is 0.947 bits per heavy atom. The van der Waals surface area contributed by atoms with E-state index in [1.807, 2.05) is 42.5 Å². The number of hydrogen-bond acceptors (Lipinski definition) is 2. The number of rotatable bonds is 2. The van der Waals surface area contributed by atoms with Gasteiger partial charge in [-0.1, -0.05) is 42.5 Å². The van der Waals surface area contributed by atoms with Gasteiger partial charge in [0.05, 0.1) is 11.9 Å². The highest BCUT2D eigenvalue weighted by molar-refractivity contribution is 7.65. The quantitative estimate of drug-likeness (QED) is 0.854. The van der Waals surface area contributed by atoms with Gasteiger partial charge in [-0.2, -0.15) is 0 Å². The van der Waals surface area contributed by atoms with Crippen molar-refractivity contribution in [3.8, 4) is 11.1 Å². The molecule has 1 heterocycles. The Morgan fingerprint density at radius 2 is 1.63 bits per heavy atom. The molecule has 1 saturated heterocycles. The Hall–Kier alpha value is -1.41. The zero-order valence-electron chi connectivity index (χ0n) is 10.6. The maximum atomic E-state index is 12.5. The fourth-order valence-corrected chi connectivity index (χ4v) is 3.99. The first-order valence-electron chi connectivity index (χ1n) is 6.44. The average Bonchev–Trinajstić information content (AvgIpc) is 2.49. The number of nitrogens with one attached hydrogen (secondary N) is 1. The Bertz CT molecular complexity index is 585. The molecule has 1 fully saturated rings. The van der Waals surface area contributed by atoms with Crippen molar-refractivity contribution in [2.75, 3.05) is 13.2 Å². The van der Waals surface area contributed by atoms with Crippen LogP contribution in [0.5, 0.6) is 0 Å². The van der Waals surface area contributed by atoms with Crippen molar-refractivity contribution in [2.45, 2.75) is 6.42 Å². The van der Waals surface area contributed by atoms with Gasteiger partial charge >= 0.3 is 0 Å². The third kappa shape index (κ3) is 2.64. The van der Waals surface area contributed by atoms with Crippen LogP contribution < -0.4 is 10.4 Å². The lowest BCUT2D eigenvalue weighted by Gasteiger charge is -2.24. The summed E-state index contributed by atoms with van der Waals surface area (Å²) in [5.74, 6) is 0. The van der Waals surface area contributed by atoms with Crippen molar-refractivity contribution < 1.29 is 9.09 Å². The van der Waals surface area contributed by atoms with Gasteiger partial charge in [0, 0.05) is 6.54 Å². The third-order valence-corrected chi connectivity index (χ3v) is 5.39. The summed E-state index contributed by atoms with van der Waals surface area (Å²) in [6.07, 6.45) is 0.909. The molecule has 0 aliphatic carbocycles. The lowest BCUT2D eigenvalue weighted by Crippen LogP contribution is -2.27. The van der Waals surface area contributed by atoms with E-state index in [-0.39, 0.29) is 0 Å². The van der Waals surface area contributed by atoms with Crippen molar-refractivity contribution in [3.63, 3.8) is 0 Å². The fraction of sp³-hybridized carbons (Fsp3) is 0.200. The van der Waals surface area contributed by atoms with Crippen LogP contribution in [0.2, 0.25) is 0 Å². The van der Waals surface area contributed by atoms with E-state index in [1.54, 1.807) is 0 Å². The van der Waals surface area contributed by atoms with Gasteiger partial charge in [0.2, 0.25) is 0 Å². The highest BCUT2D eigenvalue weighted by Gasteiger charge is 2.27. The maximum absolute atomic E-state index is 12.5. The summed E-state index contributed by atoms with van der Waals surface area (Å²) in [5.41, 5.74) is 2.28. The molecule has 0 spiro atoms. The second kappa shape index (κ2) is 5.30. The highest BCUT2D eigenvalue weighted by atomic mass is 31.2. The molecule has 1 unspecified atom stereocenters. The van der Waals surface area contributed by atoms with Crippen molar-refractivity contribution in [3.05, 3.63) is 54.6 Å². The SMILES string of the molecule is O=P1(c2ccc(-c3ccccc3)cc2)NCCCO1. The smallest absolute Gasteiger partial charge is 0.299 e. The van der Waals surface area contributed by atoms with E-state index >= 15 is 0 Å². The van der Waals surface area contributed by atoms with Gasteiger partial charge in [-0.15, -0.1) is 0 Å². The van der Waals surface area contributed by atoms with Crippen LogP contribution in [-0.2, 0) is 9.09 Å². The van der Waals surface area contributed by atoms with Crippen molar-refractivity contribution in [2.24, 2.45) is 0 Å². The summed E-state index contributed by atoms with van der Waals surface area (Å²) < 4.78 is 18.0. The summed E-state index contributed by atoms with van der Waals surface area (Å²) in [6.45, 7) is 1.31. The van der Waals surface area contributed by atoms with E-state index < -0.39 is 7.52 Å². The molecule has 3 rings (SSSR count). The topological polar surface area (TPSA) is 38.3 Å². The molecule has 19 heavy (non-hydrogen) atoms. The lowest BCUT2D eigenvalue weighted by molar-refractivity contribution is 0.285. The Balaban J connectivity index is 1.89. The van der Waals surface area contributed by atoms with E-state index in [0.717, 1.165) is 29.4 Å². The molecule has 2 aromatic carbocycles. The molecule has 0 bridgehead atoms. The van der Waals surface area contributed by atoms with Crippen LogP contribution in [0.25, 0.3) is 11.1 Å². The largest absolute Gasteiger partial charge is 0.314 e. The molecule has 2 aromatic rings. The normalized spacial score (nSPS) is 23.2. The van der Waals surface area contributed by atoms with E-state index in [0.29, 0.717) is 6.61 Å². The zero-order valence-corrected chi connectivity index (χ0v) is 11.5. The van der Waals surface area contributed by atoms with Gasteiger partial charge in [0.1, 0.15) is 0 Å². The van der Waals surface area contributed by atoms with Crippen molar-refractivity contribution in [1.29, 1.82) is 0 Å². The van der Waals surface area contributed by atoms with Gasteiger partial charge < -0.3 is 4.52 Å². The molecule has 1 atom stereocenters. The molecule has 1 N–H and O–H groups in total. The predicted molar refractivity (Wildman–Crippen MR) is 77.7 cm³/mol. The molecule has 1 aliphatic rings. The van der Waals surface area contributed by atoms with Crippen LogP contribution in [0.4, 0.5) is 0 Å². The highest BCUT2D eigenvalue weighted by Crippen LogP contribution is 2.43. The summed E-state index contributed by atoms with van der Waals surface area (Å²) in [7, 11) is -2.83. The van der Waals surface area contributed by atoms with E-state index in [9.17, 15) is 4.57 Å². The first-order chi connectivity index (χ1) is 9.28. The van der Waals surface area contributed by atoms with Gasteiger partial charge in [-0.05, 0) is 29.7 Å². The predicted octanol–water partition coefficient (Wildman–Crippen LogP) is 3.18. The van der Waals surface area contributed by atoms with Crippen molar-refractivity contribution >= 4 is 12.8 Å². The summed E-state index contributed by atoms with van der Waals surface area (Å²) in [4.78, 5) is 0. The standard InChI is InChI=1S/C15H16NO2P/c17-19(16-11-4-12-18-19)15-9-7-14(8-10-15)13-5-2-1-3-6-13/h1-3,5-10H,4,11-12H2,(H,16,17). The molecule has 0 amide bonds. The first kappa shape index (κ1) is 12.6. The van der Waals surface area contributed by atoms with Gasteiger partial charge in [0.25, 0.3) is 7.52 Å². The molecule has 1 aliphatic heterocycles. The average molecular weight is 273 g/mol. The third-order valence-electron chi connectivity index (χ3n) is 3.23. The summed E-state index contributed by atoms with van der Waals surface area (Å²) in [5, 5.41) is 3.75. The van der Waals surface area contributed by atoms with Crippen molar-refractivity contribution in [1.82, 2.24) is 5.09 Å². The van der Waals surface area contributed by atoms with Crippen LogP contribution >= 0.6 is 7.52 Å². The second-order valence-electron chi connectivity index (χ2n) is 4.56. The molecule has 98 valence electrons. The van der Waals surface area contributed by atoms with E-state index in [1.165, 1.54) is 0 Å². The molecular weight excluding hydrogens is 257 g/mol.